The van der Waals surface area contributed by atoms with E-state index in [4.69, 9.17) is 4.74 Å². The highest BCUT2D eigenvalue weighted by molar-refractivity contribution is 7.89. The lowest BCUT2D eigenvalue weighted by molar-refractivity contribution is -0.126. The molecule has 3 heterocycles. The number of hydrogen-bond acceptors (Lipinski definition) is 6. The van der Waals surface area contributed by atoms with E-state index >= 15 is 0 Å². The minimum atomic E-state index is -3.64. The summed E-state index contributed by atoms with van der Waals surface area (Å²) in [7, 11) is -1.92. The molecule has 1 aromatic rings. The number of carbonyl (C=O) groups excluding carboxylic acids is 1. The van der Waals surface area contributed by atoms with Crippen LogP contribution < -0.4 is 5.32 Å². The number of hydrogen-bond donors (Lipinski definition) is 1. The topological polar surface area (TPSA) is 96.8 Å². The zero-order chi connectivity index (χ0) is 20.3. The summed E-state index contributed by atoms with van der Waals surface area (Å²) in [6.45, 7) is 8.23. The zero-order valence-electron chi connectivity index (χ0n) is 16.9. The summed E-state index contributed by atoms with van der Waals surface area (Å²) in [6.07, 6.45) is 2.77. The van der Waals surface area contributed by atoms with Crippen LogP contribution in [0.1, 0.15) is 25.5 Å². The number of amides is 1. The van der Waals surface area contributed by atoms with Gasteiger partial charge in [-0.3, -0.25) is 14.4 Å². The van der Waals surface area contributed by atoms with Gasteiger partial charge in [0.25, 0.3) is 0 Å². The number of morpholine rings is 1. The van der Waals surface area contributed by atoms with Gasteiger partial charge in [0.15, 0.2) is 0 Å². The van der Waals surface area contributed by atoms with Crippen LogP contribution in [0, 0.1) is 12.8 Å². The lowest BCUT2D eigenvalue weighted by Crippen LogP contribution is -2.50. The standard InChI is InChI=1S/C18H31N5O4S/c1-14(22-7-9-27-10-8-22)11-19-18(24)16-5-4-6-23(13-16)28(25,26)17-12-20-21(3)15(17)2/h12,14,16H,4-11,13H2,1-3H3,(H,19,24)/t14-,16+/m0/s1. The molecule has 0 unspecified atom stereocenters. The lowest BCUT2D eigenvalue weighted by Gasteiger charge is -2.34. The van der Waals surface area contributed by atoms with E-state index in [1.165, 1.54) is 10.5 Å². The first-order chi connectivity index (χ1) is 13.3. The molecule has 2 atom stereocenters. The molecule has 2 saturated heterocycles. The summed E-state index contributed by atoms with van der Waals surface area (Å²) in [5.41, 5.74) is 0.603. The summed E-state index contributed by atoms with van der Waals surface area (Å²) in [5.74, 6) is -0.389. The van der Waals surface area contributed by atoms with Crippen LogP contribution >= 0.6 is 0 Å². The molecule has 1 N–H and O–H groups in total. The molecule has 3 rings (SSSR count). The monoisotopic (exact) mass is 413 g/mol. The third-order valence-corrected chi connectivity index (χ3v) is 7.77. The number of aromatic nitrogens is 2. The lowest BCUT2D eigenvalue weighted by atomic mass is 9.99. The number of rotatable bonds is 6. The van der Waals surface area contributed by atoms with Crippen molar-refractivity contribution in [3.05, 3.63) is 11.9 Å². The van der Waals surface area contributed by atoms with Crippen molar-refractivity contribution in [2.24, 2.45) is 13.0 Å². The van der Waals surface area contributed by atoms with Gasteiger partial charge in [0.1, 0.15) is 4.90 Å². The minimum Gasteiger partial charge on any atom is -0.379 e. The van der Waals surface area contributed by atoms with Crippen LogP contribution in [0.4, 0.5) is 0 Å². The number of carbonyl (C=O) groups is 1. The van der Waals surface area contributed by atoms with Crippen LogP contribution in [0.15, 0.2) is 11.1 Å². The van der Waals surface area contributed by atoms with E-state index in [0.717, 1.165) is 26.3 Å². The third kappa shape index (κ3) is 4.56. The van der Waals surface area contributed by atoms with E-state index in [1.54, 1.807) is 18.7 Å². The summed E-state index contributed by atoms with van der Waals surface area (Å²) in [4.78, 5) is 15.2. The normalized spacial score (nSPS) is 23.5. The number of sulfonamides is 1. The Labute approximate surface area is 167 Å². The number of nitrogens with one attached hydrogen (secondary N) is 1. The zero-order valence-corrected chi connectivity index (χ0v) is 17.7. The van der Waals surface area contributed by atoms with Gasteiger partial charge >= 0.3 is 0 Å². The summed E-state index contributed by atoms with van der Waals surface area (Å²) in [5, 5.41) is 7.06. The van der Waals surface area contributed by atoms with Gasteiger partial charge < -0.3 is 10.1 Å². The molecule has 158 valence electrons. The van der Waals surface area contributed by atoms with E-state index in [1.807, 2.05) is 0 Å². The summed E-state index contributed by atoms with van der Waals surface area (Å²) >= 11 is 0. The predicted octanol–water partition coefficient (Wildman–Crippen LogP) is -0.0339. The Kier molecular flexibility index (Phi) is 6.74. The van der Waals surface area contributed by atoms with Gasteiger partial charge in [-0.25, -0.2) is 8.42 Å². The second-order valence-corrected chi connectivity index (χ2v) is 9.57. The van der Waals surface area contributed by atoms with Crippen LogP contribution in [0.2, 0.25) is 0 Å². The van der Waals surface area contributed by atoms with Crippen LogP contribution in [0.3, 0.4) is 0 Å². The fourth-order valence-corrected chi connectivity index (χ4v) is 5.50. The molecule has 0 spiro atoms. The molecule has 1 aromatic heterocycles. The maximum absolute atomic E-state index is 13.0. The van der Waals surface area contributed by atoms with Crippen molar-refractivity contribution in [3.63, 3.8) is 0 Å². The Hall–Kier alpha value is -1.49. The number of ether oxygens (including phenoxy) is 1. The molecule has 0 aliphatic carbocycles. The van der Waals surface area contributed by atoms with E-state index in [2.05, 4.69) is 22.2 Å². The van der Waals surface area contributed by atoms with Gasteiger partial charge in [-0.05, 0) is 26.7 Å². The Bertz CT molecular complexity index is 788. The van der Waals surface area contributed by atoms with Crippen molar-refractivity contribution >= 4 is 15.9 Å². The first-order valence-electron chi connectivity index (χ1n) is 9.89. The van der Waals surface area contributed by atoms with Crippen LogP contribution in [-0.4, -0.2) is 85.3 Å². The fourth-order valence-electron chi connectivity index (χ4n) is 3.79. The Morgan fingerprint density at radius 2 is 2.07 bits per heavy atom. The first-order valence-corrected chi connectivity index (χ1v) is 11.3. The van der Waals surface area contributed by atoms with E-state index in [9.17, 15) is 13.2 Å². The Morgan fingerprint density at radius 3 is 2.71 bits per heavy atom. The molecule has 2 aliphatic heterocycles. The first kappa shape index (κ1) is 21.2. The predicted molar refractivity (Wildman–Crippen MR) is 104 cm³/mol. The van der Waals surface area contributed by atoms with E-state index in [-0.39, 0.29) is 29.3 Å². The molecule has 10 heteroatoms. The van der Waals surface area contributed by atoms with Crippen LogP contribution in [-0.2, 0) is 26.6 Å². The van der Waals surface area contributed by atoms with Crippen molar-refractivity contribution in [1.82, 2.24) is 24.3 Å². The Morgan fingerprint density at radius 1 is 1.36 bits per heavy atom. The van der Waals surface area contributed by atoms with Crippen molar-refractivity contribution < 1.29 is 17.9 Å². The van der Waals surface area contributed by atoms with Gasteiger partial charge in [-0.15, -0.1) is 0 Å². The molecule has 0 aromatic carbocycles. The van der Waals surface area contributed by atoms with Gasteiger partial charge in [-0.1, -0.05) is 0 Å². The van der Waals surface area contributed by atoms with Gasteiger partial charge in [0.2, 0.25) is 15.9 Å². The molecule has 0 radical (unpaired) electrons. The minimum absolute atomic E-state index is 0.0667. The van der Waals surface area contributed by atoms with Crippen molar-refractivity contribution in [2.75, 3.05) is 45.9 Å². The smallest absolute Gasteiger partial charge is 0.246 e. The van der Waals surface area contributed by atoms with Gasteiger partial charge in [0.05, 0.1) is 31.0 Å². The van der Waals surface area contributed by atoms with Crippen LogP contribution in [0.25, 0.3) is 0 Å². The van der Waals surface area contributed by atoms with Gasteiger partial charge in [0, 0.05) is 45.8 Å². The van der Waals surface area contributed by atoms with E-state index < -0.39 is 10.0 Å². The third-order valence-electron chi connectivity index (χ3n) is 5.80. The van der Waals surface area contributed by atoms with Crippen molar-refractivity contribution in [1.29, 1.82) is 0 Å². The summed E-state index contributed by atoms with van der Waals surface area (Å²) < 4.78 is 34.3. The second kappa shape index (κ2) is 8.89. The van der Waals surface area contributed by atoms with Gasteiger partial charge in [-0.2, -0.15) is 9.40 Å². The highest BCUT2D eigenvalue weighted by Gasteiger charge is 2.35. The average molecular weight is 414 g/mol. The summed E-state index contributed by atoms with van der Waals surface area (Å²) in [6, 6.07) is 0.231. The molecule has 28 heavy (non-hydrogen) atoms. The SMILES string of the molecule is Cc1c(S(=O)(=O)N2CCC[C@@H](C(=O)NC[C@H](C)N3CCOCC3)C2)cnn1C. The Balaban J connectivity index is 1.58. The number of nitrogens with zero attached hydrogens (tertiary/aromatic N) is 4. The molecule has 0 saturated carbocycles. The van der Waals surface area contributed by atoms with E-state index in [0.29, 0.717) is 31.6 Å². The maximum Gasteiger partial charge on any atom is 0.246 e. The highest BCUT2D eigenvalue weighted by Crippen LogP contribution is 2.25. The molecular formula is C18H31N5O4S. The molecule has 9 nitrogen and oxygen atoms in total. The maximum atomic E-state index is 13.0. The van der Waals surface area contributed by atoms with Crippen molar-refractivity contribution in [2.45, 2.75) is 37.6 Å². The van der Waals surface area contributed by atoms with Crippen molar-refractivity contribution in [3.8, 4) is 0 Å². The molecule has 2 fully saturated rings. The quantitative estimate of drug-likeness (QED) is 0.703. The average Bonchev–Trinajstić information content (AvgIpc) is 3.06. The fraction of sp³-hybridized carbons (Fsp3) is 0.778. The van der Waals surface area contributed by atoms with Crippen LogP contribution in [0.5, 0.6) is 0 Å². The number of aryl methyl sites for hydroxylation is 1. The highest BCUT2D eigenvalue weighted by atomic mass is 32.2. The number of piperidine rings is 1. The largest absolute Gasteiger partial charge is 0.379 e. The molecule has 0 bridgehead atoms. The molecule has 1 amide bonds. The molecular weight excluding hydrogens is 382 g/mol. The molecule has 2 aliphatic rings. The second-order valence-electron chi connectivity index (χ2n) is 7.66.